The standard InChI is InChI=1S/C23H36N4O/c1-16(2)22-24-13-21(14-25-22)26-9-10-27(17(3)15-26)20-11-23(12-20)7-5-19(6-8-23)18(4)28/h13-14,16-17,19-20H,5-12,15H2,1-4H3. The Morgan fingerprint density at radius 1 is 1.14 bits per heavy atom. The molecule has 1 aromatic rings. The first kappa shape index (κ1) is 19.8. The molecule has 1 unspecified atom stereocenters. The number of carbonyl (C=O) groups is 1. The van der Waals surface area contributed by atoms with E-state index in [0.717, 1.165) is 50.0 Å². The van der Waals surface area contributed by atoms with Gasteiger partial charge in [-0.15, -0.1) is 0 Å². The van der Waals surface area contributed by atoms with Gasteiger partial charge in [-0.05, 0) is 57.8 Å². The van der Waals surface area contributed by atoms with E-state index < -0.39 is 0 Å². The number of piperazine rings is 1. The van der Waals surface area contributed by atoms with Gasteiger partial charge in [-0.25, -0.2) is 9.97 Å². The molecule has 1 aromatic heterocycles. The number of carbonyl (C=O) groups excluding carboxylic acids is 1. The van der Waals surface area contributed by atoms with Crippen LogP contribution in [0, 0.1) is 11.3 Å². The molecule has 0 bridgehead atoms. The molecule has 1 aliphatic heterocycles. The molecule has 0 amide bonds. The second-order valence-electron chi connectivity index (χ2n) is 9.93. The van der Waals surface area contributed by atoms with Crippen LogP contribution in [0.3, 0.4) is 0 Å². The van der Waals surface area contributed by atoms with Gasteiger partial charge in [0.1, 0.15) is 11.6 Å². The summed E-state index contributed by atoms with van der Waals surface area (Å²) in [5.41, 5.74) is 1.71. The van der Waals surface area contributed by atoms with E-state index in [1.165, 1.54) is 25.7 Å². The van der Waals surface area contributed by atoms with E-state index in [9.17, 15) is 4.79 Å². The summed E-state index contributed by atoms with van der Waals surface area (Å²) in [6.45, 7) is 11.7. The molecule has 154 valence electrons. The van der Waals surface area contributed by atoms with Crippen molar-refractivity contribution in [1.29, 1.82) is 0 Å². The molecule has 3 fully saturated rings. The van der Waals surface area contributed by atoms with Crippen molar-refractivity contribution in [1.82, 2.24) is 14.9 Å². The lowest BCUT2D eigenvalue weighted by atomic mass is 9.56. The van der Waals surface area contributed by atoms with Gasteiger partial charge in [-0.1, -0.05) is 13.8 Å². The molecule has 5 heteroatoms. The van der Waals surface area contributed by atoms with E-state index in [-0.39, 0.29) is 0 Å². The van der Waals surface area contributed by atoms with Gasteiger partial charge in [0.05, 0.1) is 18.1 Å². The Balaban J connectivity index is 1.29. The maximum absolute atomic E-state index is 11.6. The molecule has 2 heterocycles. The van der Waals surface area contributed by atoms with Crippen LogP contribution in [0.4, 0.5) is 5.69 Å². The predicted octanol–water partition coefficient (Wildman–Crippen LogP) is 4.04. The van der Waals surface area contributed by atoms with Crippen LogP contribution in [0.25, 0.3) is 0 Å². The lowest BCUT2D eigenvalue weighted by Gasteiger charge is -2.57. The fraction of sp³-hybridized carbons (Fsp3) is 0.783. The maximum Gasteiger partial charge on any atom is 0.132 e. The third kappa shape index (κ3) is 3.83. The van der Waals surface area contributed by atoms with Gasteiger partial charge in [0, 0.05) is 43.6 Å². The van der Waals surface area contributed by atoms with E-state index in [2.05, 4.69) is 40.5 Å². The average Bonchev–Trinajstić information content (AvgIpc) is 2.66. The second-order valence-corrected chi connectivity index (χ2v) is 9.93. The van der Waals surface area contributed by atoms with Crippen molar-refractivity contribution in [3.63, 3.8) is 0 Å². The Kier molecular flexibility index (Phi) is 5.47. The van der Waals surface area contributed by atoms with Gasteiger partial charge in [-0.3, -0.25) is 9.69 Å². The van der Waals surface area contributed by atoms with Gasteiger partial charge < -0.3 is 4.90 Å². The summed E-state index contributed by atoms with van der Waals surface area (Å²) in [6, 6.07) is 1.31. The summed E-state index contributed by atoms with van der Waals surface area (Å²) in [4.78, 5) is 25.9. The fourth-order valence-electron chi connectivity index (χ4n) is 5.76. The van der Waals surface area contributed by atoms with Crippen molar-refractivity contribution >= 4 is 11.5 Å². The molecule has 1 saturated heterocycles. The molecule has 1 spiro atoms. The van der Waals surface area contributed by atoms with Crippen molar-refractivity contribution in [2.24, 2.45) is 11.3 Å². The number of rotatable bonds is 4. The molecule has 1 atom stereocenters. The summed E-state index contributed by atoms with van der Waals surface area (Å²) >= 11 is 0. The van der Waals surface area contributed by atoms with E-state index in [0.29, 0.717) is 29.1 Å². The summed E-state index contributed by atoms with van der Waals surface area (Å²) in [5, 5.41) is 0. The Hall–Kier alpha value is -1.49. The first-order chi connectivity index (χ1) is 13.4. The number of nitrogens with zero attached hydrogens (tertiary/aromatic N) is 4. The average molecular weight is 385 g/mol. The number of aromatic nitrogens is 2. The highest BCUT2D eigenvalue weighted by molar-refractivity contribution is 5.78. The first-order valence-corrected chi connectivity index (χ1v) is 11.2. The molecular weight excluding hydrogens is 348 g/mol. The minimum absolute atomic E-state index is 0.344. The minimum atomic E-state index is 0.344. The van der Waals surface area contributed by atoms with Crippen LogP contribution < -0.4 is 4.90 Å². The van der Waals surface area contributed by atoms with Gasteiger partial charge in [0.15, 0.2) is 0 Å². The van der Waals surface area contributed by atoms with Crippen molar-refractivity contribution in [3.8, 4) is 0 Å². The monoisotopic (exact) mass is 384 g/mol. The van der Waals surface area contributed by atoms with Crippen LogP contribution in [0.15, 0.2) is 12.4 Å². The highest BCUT2D eigenvalue weighted by Gasteiger charge is 2.49. The Bertz CT molecular complexity index is 685. The largest absolute Gasteiger partial charge is 0.366 e. The third-order valence-corrected chi connectivity index (χ3v) is 7.65. The maximum atomic E-state index is 11.6. The summed E-state index contributed by atoms with van der Waals surface area (Å²) in [5.74, 6) is 2.05. The van der Waals surface area contributed by atoms with Gasteiger partial charge in [0.2, 0.25) is 0 Å². The molecule has 0 aromatic carbocycles. The van der Waals surface area contributed by atoms with Crippen LogP contribution in [0.1, 0.15) is 78.0 Å². The van der Waals surface area contributed by atoms with Crippen LogP contribution in [-0.4, -0.2) is 52.4 Å². The van der Waals surface area contributed by atoms with Crippen molar-refractivity contribution in [3.05, 3.63) is 18.2 Å². The minimum Gasteiger partial charge on any atom is -0.366 e. The normalized spacial score (nSPS) is 33.9. The van der Waals surface area contributed by atoms with Gasteiger partial charge >= 0.3 is 0 Å². The molecule has 2 saturated carbocycles. The fourth-order valence-corrected chi connectivity index (χ4v) is 5.76. The van der Waals surface area contributed by atoms with Crippen molar-refractivity contribution < 1.29 is 4.79 Å². The SMILES string of the molecule is CC(=O)C1CCC2(CC1)CC(N1CCN(c3cnc(C(C)C)nc3)CC1C)C2. The number of hydrogen-bond donors (Lipinski definition) is 0. The highest BCUT2D eigenvalue weighted by Crippen LogP contribution is 2.54. The van der Waals surface area contributed by atoms with Crippen LogP contribution >= 0.6 is 0 Å². The molecule has 5 nitrogen and oxygen atoms in total. The quantitative estimate of drug-likeness (QED) is 0.784. The Labute approximate surface area is 169 Å². The van der Waals surface area contributed by atoms with Crippen LogP contribution in [0.2, 0.25) is 0 Å². The lowest BCUT2D eigenvalue weighted by Crippen LogP contribution is -2.61. The van der Waals surface area contributed by atoms with E-state index in [1.807, 2.05) is 12.4 Å². The third-order valence-electron chi connectivity index (χ3n) is 7.65. The zero-order valence-electron chi connectivity index (χ0n) is 18.0. The number of anilines is 1. The molecule has 4 rings (SSSR count). The number of ketones is 1. The molecule has 2 aliphatic carbocycles. The Morgan fingerprint density at radius 2 is 1.79 bits per heavy atom. The van der Waals surface area contributed by atoms with E-state index >= 15 is 0 Å². The summed E-state index contributed by atoms with van der Waals surface area (Å²) in [6.07, 6.45) is 11.5. The predicted molar refractivity (Wildman–Crippen MR) is 113 cm³/mol. The molecule has 0 radical (unpaired) electrons. The summed E-state index contributed by atoms with van der Waals surface area (Å²) < 4.78 is 0. The first-order valence-electron chi connectivity index (χ1n) is 11.2. The molecule has 0 N–H and O–H groups in total. The second kappa shape index (κ2) is 7.74. The van der Waals surface area contributed by atoms with Crippen LogP contribution in [0.5, 0.6) is 0 Å². The Morgan fingerprint density at radius 3 is 2.32 bits per heavy atom. The molecule has 28 heavy (non-hydrogen) atoms. The zero-order valence-corrected chi connectivity index (χ0v) is 18.0. The molecular formula is C23H36N4O. The van der Waals surface area contributed by atoms with E-state index in [4.69, 9.17) is 0 Å². The van der Waals surface area contributed by atoms with Gasteiger partial charge in [-0.2, -0.15) is 0 Å². The smallest absolute Gasteiger partial charge is 0.132 e. The topological polar surface area (TPSA) is 49.3 Å². The van der Waals surface area contributed by atoms with Crippen molar-refractivity contribution in [2.45, 2.75) is 84.2 Å². The van der Waals surface area contributed by atoms with Gasteiger partial charge in [0.25, 0.3) is 0 Å². The highest BCUT2D eigenvalue weighted by atomic mass is 16.1. The van der Waals surface area contributed by atoms with Crippen molar-refractivity contribution in [2.75, 3.05) is 24.5 Å². The number of Topliss-reactive ketones (excluding diaryl/α,β-unsaturated/α-hetero) is 1. The lowest BCUT2D eigenvalue weighted by molar-refractivity contribution is -0.124. The summed E-state index contributed by atoms with van der Waals surface area (Å²) in [7, 11) is 0. The van der Waals surface area contributed by atoms with E-state index in [1.54, 1.807) is 6.92 Å². The number of hydrogen-bond acceptors (Lipinski definition) is 5. The zero-order chi connectivity index (χ0) is 19.9. The molecule has 3 aliphatic rings. The van der Waals surface area contributed by atoms with Crippen LogP contribution in [-0.2, 0) is 4.79 Å².